The number of urea groups is 1. The number of benzene rings is 2. The van der Waals surface area contributed by atoms with Crippen LogP contribution in [0.5, 0.6) is 5.75 Å². The predicted octanol–water partition coefficient (Wildman–Crippen LogP) is 3.12. The number of anilines is 1. The molecule has 27 heavy (non-hydrogen) atoms. The highest BCUT2D eigenvalue weighted by Gasteiger charge is 2.23. The van der Waals surface area contributed by atoms with Crippen molar-refractivity contribution in [2.75, 3.05) is 18.0 Å². The Labute approximate surface area is 152 Å². The molecule has 2 heterocycles. The lowest BCUT2D eigenvalue weighted by molar-refractivity contribution is 0.252. The maximum atomic E-state index is 14.2. The van der Waals surface area contributed by atoms with Crippen molar-refractivity contribution >= 4 is 11.7 Å². The summed E-state index contributed by atoms with van der Waals surface area (Å²) in [6, 6.07) is 9.61. The second-order valence-electron chi connectivity index (χ2n) is 5.81. The lowest BCUT2D eigenvalue weighted by atomic mass is 10.1. The van der Waals surface area contributed by atoms with Crippen LogP contribution in [-0.2, 0) is 6.61 Å². The van der Waals surface area contributed by atoms with E-state index in [1.165, 1.54) is 41.3 Å². The molecule has 7 nitrogen and oxygen atoms in total. The highest BCUT2D eigenvalue weighted by molar-refractivity contribution is 5.94. The van der Waals surface area contributed by atoms with Crippen LogP contribution in [0.3, 0.4) is 0 Å². The van der Waals surface area contributed by atoms with E-state index >= 15 is 0 Å². The van der Waals surface area contributed by atoms with Gasteiger partial charge in [-0.3, -0.25) is 4.90 Å². The van der Waals surface area contributed by atoms with Gasteiger partial charge in [0.2, 0.25) is 5.82 Å². The van der Waals surface area contributed by atoms with Crippen LogP contribution < -0.4 is 15.0 Å². The number of carbonyl (C=O) groups is 1. The lowest BCUT2D eigenvalue weighted by Gasteiger charge is -2.14. The normalized spacial score (nSPS) is 13.7. The fourth-order valence-electron chi connectivity index (χ4n) is 2.69. The van der Waals surface area contributed by atoms with Crippen molar-refractivity contribution in [3.63, 3.8) is 0 Å². The van der Waals surface area contributed by atoms with E-state index in [2.05, 4.69) is 15.5 Å². The van der Waals surface area contributed by atoms with E-state index in [4.69, 9.17) is 9.26 Å². The number of amides is 2. The third-order valence-electron chi connectivity index (χ3n) is 3.98. The topological polar surface area (TPSA) is 80.5 Å². The first-order chi connectivity index (χ1) is 13.1. The average Bonchev–Trinajstić information content (AvgIpc) is 3.30. The molecule has 1 saturated heterocycles. The van der Waals surface area contributed by atoms with E-state index in [-0.39, 0.29) is 29.9 Å². The van der Waals surface area contributed by atoms with Crippen LogP contribution >= 0.6 is 0 Å². The summed E-state index contributed by atoms with van der Waals surface area (Å²) < 4.78 is 37.9. The Morgan fingerprint density at radius 2 is 2.11 bits per heavy atom. The Morgan fingerprint density at radius 3 is 2.89 bits per heavy atom. The third-order valence-corrected chi connectivity index (χ3v) is 3.98. The summed E-state index contributed by atoms with van der Waals surface area (Å²) in [4.78, 5) is 17.4. The van der Waals surface area contributed by atoms with E-state index < -0.39 is 11.6 Å². The summed E-state index contributed by atoms with van der Waals surface area (Å²) >= 11 is 0. The molecule has 0 atom stereocenters. The molecule has 2 aromatic carbocycles. The average molecular weight is 372 g/mol. The van der Waals surface area contributed by atoms with Crippen LogP contribution in [0.25, 0.3) is 11.5 Å². The summed E-state index contributed by atoms with van der Waals surface area (Å²) in [5.41, 5.74) is 0.605. The molecular weight excluding hydrogens is 358 g/mol. The minimum absolute atomic E-state index is 0.0354. The van der Waals surface area contributed by atoms with Crippen molar-refractivity contribution in [3.8, 4) is 17.2 Å². The van der Waals surface area contributed by atoms with E-state index in [0.717, 1.165) is 0 Å². The van der Waals surface area contributed by atoms with E-state index in [1.54, 1.807) is 6.07 Å². The van der Waals surface area contributed by atoms with Crippen molar-refractivity contribution in [1.82, 2.24) is 15.5 Å². The Bertz CT molecular complexity index is 992. The quantitative estimate of drug-likeness (QED) is 0.744. The fourth-order valence-corrected chi connectivity index (χ4v) is 2.69. The van der Waals surface area contributed by atoms with Crippen molar-refractivity contribution in [1.29, 1.82) is 0 Å². The molecule has 1 aliphatic rings. The zero-order valence-electron chi connectivity index (χ0n) is 14.0. The maximum absolute atomic E-state index is 14.2. The zero-order chi connectivity index (χ0) is 18.8. The van der Waals surface area contributed by atoms with Gasteiger partial charge in [-0.15, -0.1) is 0 Å². The number of hydrogen-bond acceptors (Lipinski definition) is 5. The monoisotopic (exact) mass is 372 g/mol. The maximum Gasteiger partial charge on any atom is 0.321 e. The van der Waals surface area contributed by atoms with Gasteiger partial charge in [-0.05, 0) is 30.3 Å². The van der Waals surface area contributed by atoms with Gasteiger partial charge in [-0.25, -0.2) is 13.6 Å². The Kier molecular flexibility index (Phi) is 4.41. The van der Waals surface area contributed by atoms with E-state index in [1.807, 2.05) is 0 Å². The first-order valence-corrected chi connectivity index (χ1v) is 8.16. The molecule has 2 amide bonds. The molecule has 1 aliphatic heterocycles. The number of ether oxygens (including phenoxy) is 1. The summed E-state index contributed by atoms with van der Waals surface area (Å²) in [7, 11) is 0. The van der Waals surface area contributed by atoms with Crippen molar-refractivity contribution in [2.45, 2.75) is 6.61 Å². The van der Waals surface area contributed by atoms with Crippen LogP contribution in [-0.4, -0.2) is 29.3 Å². The highest BCUT2D eigenvalue weighted by Crippen LogP contribution is 2.27. The Morgan fingerprint density at radius 1 is 1.22 bits per heavy atom. The summed E-state index contributed by atoms with van der Waals surface area (Å²) in [6.45, 7) is 0.941. The molecule has 1 N–H and O–H groups in total. The van der Waals surface area contributed by atoms with Gasteiger partial charge in [0.25, 0.3) is 5.89 Å². The number of rotatable bonds is 5. The minimum atomic E-state index is -0.556. The van der Waals surface area contributed by atoms with Crippen LogP contribution in [0.1, 0.15) is 5.82 Å². The van der Waals surface area contributed by atoms with Crippen molar-refractivity contribution < 1.29 is 22.8 Å². The molecule has 4 rings (SSSR count). The van der Waals surface area contributed by atoms with Crippen LogP contribution in [0.15, 0.2) is 47.0 Å². The fraction of sp³-hybridized carbons (Fsp3) is 0.167. The SMILES string of the molecule is O=C1NCCN1c1ccc(F)c(-c2nc(COc3cccc(F)c3)no2)c1. The van der Waals surface area contributed by atoms with Gasteiger partial charge in [0.05, 0.1) is 5.56 Å². The van der Waals surface area contributed by atoms with Gasteiger partial charge in [0, 0.05) is 24.8 Å². The van der Waals surface area contributed by atoms with Gasteiger partial charge in [-0.2, -0.15) is 4.98 Å². The highest BCUT2D eigenvalue weighted by atomic mass is 19.1. The number of hydrogen-bond donors (Lipinski definition) is 1. The second kappa shape index (κ2) is 7.02. The van der Waals surface area contributed by atoms with Gasteiger partial charge >= 0.3 is 6.03 Å². The number of carbonyl (C=O) groups excluding carboxylic acids is 1. The van der Waals surface area contributed by atoms with Gasteiger partial charge in [-0.1, -0.05) is 11.2 Å². The summed E-state index contributed by atoms with van der Waals surface area (Å²) in [5, 5.41) is 6.43. The van der Waals surface area contributed by atoms with E-state index in [9.17, 15) is 13.6 Å². The first-order valence-electron chi connectivity index (χ1n) is 8.16. The first kappa shape index (κ1) is 17.0. The lowest BCUT2D eigenvalue weighted by Crippen LogP contribution is -2.27. The molecule has 0 spiro atoms. The molecule has 1 fully saturated rings. The molecule has 138 valence electrons. The number of nitrogens with zero attached hydrogens (tertiary/aromatic N) is 3. The summed E-state index contributed by atoms with van der Waals surface area (Å²) in [5.74, 6) is -0.523. The zero-order valence-corrected chi connectivity index (χ0v) is 14.0. The van der Waals surface area contributed by atoms with E-state index in [0.29, 0.717) is 24.5 Å². The molecule has 1 aromatic heterocycles. The van der Waals surface area contributed by atoms with Gasteiger partial charge in [0.1, 0.15) is 17.4 Å². The summed E-state index contributed by atoms with van der Waals surface area (Å²) in [6.07, 6.45) is 0. The molecule has 0 aliphatic carbocycles. The van der Waals surface area contributed by atoms with Gasteiger partial charge < -0.3 is 14.6 Å². The molecule has 0 radical (unpaired) electrons. The largest absolute Gasteiger partial charge is 0.485 e. The molecule has 9 heteroatoms. The van der Waals surface area contributed by atoms with Crippen LogP contribution in [0.4, 0.5) is 19.3 Å². The Hall–Kier alpha value is -3.49. The van der Waals surface area contributed by atoms with Gasteiger partial charge in [0.15, 0.2) is 6.61 Å². The molecular formula is C18H14F2N4O3. The molecule has 0 saturated carbocycles. The molecule has 3 aromatic rings. The standard InChI is InChI=1S/C18H14F2N4O3/c19-11-2-1-3-13(8-11)26-10-16-22-17(27-23-16)14-9-12(4-5-15(14)20)24-7-6-21-18(24)25/h1-5,8-9H,6-7,10H2,(H,21,25). The predicted molar refractivity (Wildman–Crippen MR) is 91.2 cm³/mol. The van der Waals surface area contributed by atoms with Crippen molar-refractivity contribution in [3.05, 3.63) is 59.9 Å². The Balaban J connectivity index is 1.53. The minimum Gasteiger partial charge on any atom is -0.485 e. The van der Waals surface area contributed by atoms with Crippen molar-refractivity contribution in [2.24, 2.45) is 0 Å². The van der Waals surface area contributed by atoms with Crippen LogP contribution in [0, 0.1) is 11.6 Å². The smallest absolute Gasteiger partial charge is 0.321 e. The van der Waals surface area contributed by atoms with Crippen LogP contribution in [0.2, 0.25) is 0 Å². The molecule has 0 bridgehead atoms. The molecule has 0 unspecified atom stereocenters. The second-order valence-corrected chi connectivity index (χ2v) is 5.81. The number of aromatic nitrogens is 2. The number of nitrogens with one attached hydrogen (secondary N) is 1. The number of halogens is 2. The third kappa shape index (κ3) is 3.57.